The third-order valence-corrected chi connectivity index (χ3v) is 11.6. The average molecular weight is 642 g/mol. The highest BCUT2D eigenvalue weighted by Gasteiger charge is 2.45. The van der Waals surface area contributed by atoms with E-state index in [1.54, 1.807) is 0 Å². The van der Waals surface area contributed by atoms with Crippen molar-refractivity contribution in [2.45, 2.75) is 5.41 Å². The smallest absolute Gasteiger partial charge is 0.0713 e. The Labute approximate surface area is 290 Å². The van der Waals surface area contributed by atoms with Gasteiger partial charge in [0.25, 0.3) is 0 Å². The van der Waals surface area contributed by atoms with Crippen LogP contribution in [0.2, 0.25) is 0 Å². The van der Waals surface area contributed by atoms with Gasteiger partial charge >= 0.3 is 0 Å². The molecule has 1 aliphatic rings. The maximum atomic E-state index is 2.39. The Hall–Kier alpha value is -5.96. The first-order valence-electron chi connectivity index (χ1n) is 16.9. The zero-order valence-electron chi connectivity index (χ0n) is 26.8. The van der Waals surface area contributed by atoms with E-state index in [4.69, 9.17) is 0 Å². The van der Waals surface area contributed by atoms with E-state index in [2.05, 4.69) is 193 Å². The summed E-state index contributed by atoms with van der Waals surface area (Å²) in [6.07, 6.45) is 0. The Morgan fingerprint density at radius 1 is 0.388 bits per heavy atom. The van der Waals surface area contributed by atoms with Gasteiger partial charge in [0, 0.05) is 42.6 Å². The summed E-state index contributed by atoms with van der Waals surface area (Å²) < 4.78 is 2.67. The molecule has 0 saturated carbocycles. The lowest BCUT2D eigenvalue weighted by molar-refractivity contribution is 0.768. The zero-order chi connectivity index (χ0) is 32.4. The molecule has 0 aliphatic heterocycles. The first kappa shape index (κ1) is 28.1. The van der Waals surface area contributed by atoms with Gasteiger partial charge in [-0.1, -0.05) is 146 Å². The molecule has 0 N–H and O–H groups in total. The third kappa shape index (κ3) is 4.18. The van der Waals surface area contributed by atoms with E-state index in [0.717, 1.165) is 17.1 Å². The van der Waals surface area contributed by atoms with Gasteiger partial charge in [0.2, 0.25) is 0 Å². The number of hydrogen-bond donors (Lipinski definition) is 0. The standard InChI is InChI=1S/C47H31NS/c1-3-13-33(14-4-1)47(43-20-10-7-17-38(43)39-18-8-11-21-44(39)47)34-25-28-36(29-26-34)48(35-15-5-2-6-16-35)37-27-23-32-24-30-41-40-19-9-12-22-45(40)49-46(41)42(32)31-37/h1-31H. The fraction of sp³-hybridized carbons (Fsp3) is 0.0213. The first-order chi connectivity index (χ1) is 24.3. The van der Waals surface area contributed by atoms with Crippen molar-refractivity contribution in [2.24, 2.45) is 0 Å². The van der Waals surface area contributed by atoms with Crippen molar-refractivity contribution in [2.75, 3.05) is 4.90 Å². The highest BCUT2D eigenvalue weighted by molar-refractivity contribution is 7.26. The summed E-state index contributed by atoms with van der Waals surface area (Å²) in [7, 11) is 0. The first-order valence-corrected chi connectivity index (χ1v) is 17.7. The van der Waals surface area contributed by atoms with Gasteiger partial charge in [0.05, 0.1) is 5.41 Å². The van der Waals surface area contributed by atoms with Crippen molar-refractivity contribution in [1.82, 2.24) is 0 Å². The molecule has 0 amide bonds. The van der Waals surface area contributed by atoms with Crippen molar-refractivity contribution in [3.63, 3.8) is 0 Å². The highest BCUT2D eigenvalue weighted by atomic mass is 32.1. The van der Waals surface area contributed by atoms with Crippen molar-refractivity contribution in [3.05, 3.63) is 210 Å². The summed E-state index contributed by atoms with van der Waals surface area (Å²) in [5.41, 5.74) is 10.8. The summed E-state index contributed by atoms with van der Waals surface area (Å²) in [5, 5.41) is 5.20. The SMILES string of the molecule is c1ccc(N(c2ccc(C3(c4ccccc4)c4ccccc4-c4ccccc43)cc2)c2ccc3ccc4c5ccccc5sc4c3c2)cc1. The highest BCUT2D eigenvalue weighted by Crippen LogP contribution is 2.56. The van der Waals surface area contributed by atoms with E-state index >= 15 is 0 Å². The molecule has 0 unspecified atom stereocenters. The van der Waals surface area contributed by atoms with Gasteiger partial charge in [-0.05, 0) is 81.2 Å². The van der Waals surface area contributed by atoms with Crippen LogP contribution in [0.15, 0.2) is 188 Å². The molecule has 0 saturated heterocycles. The van der Waals surface area contributed by atoms with E-state index in [-0.39, 0.29) is 0 Å². The largest absolute Gasteiger partial charge is 0.310 e. The van der Waals surface area contributed by atoms with Crippen LogP contribution >= 0.6 is 11.3 Å². The molecule has 0 spiro atoms. The minimum absolute atomic E-state index is 0.416. The Bertz CT molecular complexity index is 2610. The van der Waals surface area contributed by atoms with Gasteiger partial charge in [-0.25, -0.2) is 0 Å². The van der Waals surface area contributed by atoms with Crippen LogP contribution < -0.4 is 4.90 Å². The molecule has 1 aliphatic carbocycles. The van der Waals surface area contributed by atoms with Crippen LogP contribution in [0.1, 0.15) is 22.3 Å². The molecule has 8 aromatic carbocycles. The molecule has 1 nitrogen and oxygen atoms in total. The Balaban J connectivity index is 1.17. The fourth-order valence-corrected chi connectivity index (χ4v) is 9.46. The second-order valence-electron chi connectivity index (χ2n) is 12.9. The molecule has 10 rings (SSSR count). The molecule has 0 atom stereocenters. The molecule has 0 fully saturated rings. The Morgan fingerprint density at radius 3 is 1.67 bits per heavy atom. The van der Waals surface area contributed by atoms with Gasteiger partial charge in [-0.3, -0.25) is 0 Å². The predicted molar refractivity (Wildman–Crippen MR) is 209 cm³/mol. The Morgan fingerprint density at radius 2 is 0.939 bits per heavy atom. The molecular formula is C47H31NS. The van der Waals surface area contributed by atoms with E-state index in [9.17, 15) is 0 Å². The van der Waals surface area contributed by atoms with Gasteiger partial charge in [0.15, 0.2) is 0 Å². The molecule has 9 aromatic rings. The summed E-state index contributed by atoms with van der Waals surface area (Å²) in [4.78, 5) is 2.39. The maximum Gasteiger partial charge on any atom is 0.0713 e. The van der Waals surface area contributed by atoms with E-state index < -0.39 is 5.41 Å². The van der Waals surface area contributed by atoms with Gasteiger partial charge in [0.1, 0.15) is 0 Å². The lowest BCUT2D eigenvalue weighted by atomic mass is 9.68. The summed E-state index contributed by atoms with van der Waals surface area (Å²) in [6.45, 7) is 0. The summed E-state index contributed by atoms with van der Waals surface area (Å²) >= 11 is 1.89. The second-order valence-corrected chi connectivity index (χ2v) is 13.9. The molecule has 2 heteroatoms. The van der Waals surface area contributed by atoms with Gasteiger partial charge < -0.3 is 4.90 Å². The number of anilines is 3. The van der Waals surface area contributed by atoms with E-state index in [1.807, 2.05) is 11.3 Å². The normalized spacial score (nSPS) is 13.1. The molecule has 1 heterocycles. The number of nitrogens with zero attached hydrogens (tertiary/aromatic N) is 1. The molecule has 0 bridgehead atoms. The number of rotatable bonds is 5. The number of benzene rings is 8. The molecule has 49 heavy (non-hydrogen) atoms. The maximum absolute atomic E-state index is 2.39. The zero-order valence-corrected chi connectivity index (χ0v) is 27.6. The number of hydrogen-bond acceptors (Lipinski definition) is 2. The van der Waals surface area contributed by atoms with E-state index in [0.29, 0.717) is 0 Å². The molecule has 0 radical (unpaired) electrons. The minimum atomic E-state index is -0.416. The fourth-order valence-electron chi connectivity index (χ4n) is 8.23. The number of thiophene rings is 1. The minimum Gasteiger partial charge on any atom is -0.310 e. The van der Waals surface area contributed by atoms with Crippen molar-refractivity contribution < 1.29 is 0 Å². The summed E-state index contributed by atoms with van der Waals surface area (Å²) in [5.74, 6) is 0. The third-order valence-electron chi connectivity index (χ3n) is 10.3. The number of fused-ring (bicyclic) bond motifs is 8. The summed E-state index contributed by atoms with van der Waals surface area (Å²) in [6, 6.07) is 69.1. The van der Waals surface area contributed by atoms with Crippen LogP contribution in [0.5, 0.6) is 0 Å². The molecular weight excluding hydrogens is 611 g/mol. The van der Waals surface area contributed by atoms with Crippen LogP contribution in [0, 0.1) is 0 Å². The topological polar surface area (TPSA) is 3.24 Å². The van der Waals surface area contributed by atoms with Crippen molar-refractivity contribution >= 4 is 59.3 Å². The van der Waals surface area contributed by atoms with Crippen LogP contribution in [0.25, 0.3) is 42.1 Å². The van der Waals surface area contributed by atoms with Crippen LogP contribution in [-0.4, -0.2) is 0 Å². The average Bonchev–Trinajstić information content (AvgIpc) is 3.71. The quantitative estimate of drug-likeness (QED) is 0.181. The second kappa shape index (κ2) is 11.1. The molecule has 230 valence electrons. The number of para-hydroxylation sites is 1. The van der Waals surface area contributed by atoms with Gasteiger partial charge in [-0.15, -0.1) is 11.3 Å². The predicted octanol–water partition coefficient (Wildman–Crippen LogP) is 13.0. The van der Waals surface area contributed by atoms with E-state index in [1.165, 1.54) is 64.3 Å². The monoisotopic (exact) mass is 641 g/mol. The Kier molecular flexibility index (Phi) is 6.34. The van der Waals surface area contributed by atoms with Crippen LogP contribution in [-0.2, 0) is 5.41 Å². The van der Waals surface area contributed by atoms with Crippen LogP contribution in [0.4, 0.5) is 17.1 Å². The lowest BCUT2D eigenvalue weighted by Gasteiger charge is -2.34. The van der Waals surface area contributed by atoms with Crippen molar-refractivity contribution in [3.8, 4) is 11.1 Å². The van der Waals surface area contributed by atoms with Gasteiger partial charge in [-0.2, -0.15) is 0 Å². The lowest BCUT2D eigenvalue weighted by Crippen LogP contribution is -2.28. The molecule has 1 aromatic heterocycles. The van der Waals surface area contributed by atoms with Crippen LogP contribution in [0.3, 0.4) is 0 Å². The van der Waals surface area contributed by atoms with Crippen molar-refractivity contribution in [1.29, 1.82) is 0 Å².